The van der Waals surface area contributed by atoms with Gasteiger partial charge in [0.2, 0.25) is 0 Å². The molecule has 0 rings (SSSR count). The first-order chi connectivity index (χ1) is 4.42. The first-order valence-electron chi connectivity index (χ1n) is 3.47. The fourth-order valence-electron chi connectivity index (χ4n) is 0.493. The molecule has 0 aliphatic carbocycles. The minimum Gasteiger partial charge on any atom is -0.379 e. The van der Waals surface area contributed by atoms with E-state index in [2.05, 4.69) is 27.7 Å². The highest BCUT2D eigenvalue weighted by Gasteiger charge is 2.10. The van der Waals surface area contributed by atoms with E-state index in [-0.39, 0.29) is 10.8 Å². The Morgan fingerprint density at radius 2 is 2.00 bits per heavy atom. The summed E-state index contributed by atoms with van der Waals surface area (Å²) in [5.74, 6) is 0. The monoisotopic (exact) mass is 163 g/mol. The van der Waals surface area contributed by atoms with Gasteiger partial charge in [-0.3, -0.25) is 0 Å². The number of hydrogen-bond acceptors (Lipinski definition) is 1. The number of hydrogen-bond donors (Lipinski definition) is 0. The average molecular weight is 164 g/mol. The van der Waals surface area contributed by atoms with Crippen LogP contribution in [0.15, 0.2) is 0 Å². The Labute approximate surface area is 68.7 Å². The lowest BCUT2D eigenvalue weighted by molar-refractivity contribution is 0.0754. The van der Waals surface area contributed by atoms with Gasteiger partial charge < -0.3 is 4.74 Å². The number of halogens is 1. The molecule has 1 radical (unpaired) electrons. The van der Waals surface area contributed by atoms with Crippen LogP contribution in [0.25, 0.3) is 0 Å². The molecule has 0 aliphatic heterocycles. The lowest BCUT2D eigenvalue weighted by atomic mass is 9.99. The summed E-state index contributed by atoms with van der Waals surface area (Å²) in [5, 5.41) is -0.123. The Morgan fingerprint density at radius 1 is 1.50 bits per heavy atom. The van der Waals surface area contributed by atoms with Crippen LogP contribution in [0.2, 0.25) is 0 Å². The molecule has 0 amide bonds. The van der Waals surface area contributed by atoms with Crippen molar-refractivity contribution in [3.63, 3.8) is 0 Å². The predicted octanol–water partition coefficient (Wildman–Crippen LogP) is 2.49. The SMILES string of the molecule is [CH2]C(Cl)COCC(C)(C)C. The van der Waals surface area contributed by atoms with Crippen molar-refractivity contribution in [3.8, 4) is 0 Å². The van der Waals surface area contributed by atoms with E-state index in [1.807, 2.05) is 0 Å². The number of rotatable bonds is 3. The van der Waals surface area contributed by atoms with Gasteiger partial charge in [0, 0.05) is 0 Å². The third-order valence-corrected chi connectivity index (χ3v) is 0.960. The van der Waals surface area contributed by atoms with Gasteiger partial charge in [-0.2, -0.15) is 0 Å². The molecule has 1 nitrogen and oxygen atoms in total. The van der Waals surface area contributed by atoms with Gasteiger partial charge in [-0.25, -0.2) is 0 Å². The standard InChI is InChI=1S/C8H16ClO/c1-7(9)5-10-6-8(2,3)4/h7H,1,5-6H2,2-4H3. The molecule has 2 heteroatoms. The molecule has 0 aromatic rings. The molecule has 0 aromatic heterocycles. The van der Waals surface area contributed by atoms with Gasteiger partial charge in [0.25, 0.3) is 0 Å². The van der Waals surface area contributed by atoms with Crippen molar-refractivity contribution in [1.29, 1.82) is 0 Å². The van der Waals surface area contributed by atoms with Crippen LogP contribution in [0.5, 0.6) is 0 Å². The highest BCUT2D eigenvalue weighted by molar-refractivity contribution is 6.21. The molecular weight excluding hydrogens is 148 g/mol. The zero-order valence-electron chi connectivity index (χ0n) is 6.98. The smallest absolute Gasteiger partial charge is 0.0630 e. The van der Waals surface area contributed by atoms with Gasteiger partial charge in [0.15, 0.2) is 0 Å². The maximum absolute atomic E-state index is 5.57. The van der Waals surface area contributed by atoms with Crippen molar-refractivity contribution in [2.75, 3.05) is 13.2 Å². The maximum Gasteiger partial charge on any atom is 0.0630 e. The molecule has 0 saturated heterocycles. The summed E-state index contributed by atoms with van der Waals surface area (Å²) in [7, 11) is 0. The summed E-state index contributed by atoms with van der Waals surface area (Å²) in [6, 6.07) is 0. The van der Waals surface area contributed by atoms with E-state index in [1.165, 1.54) is 0 Å². The van der Waals surface area contributed by atoms with Crippen LogP contribution < -0.4 is 0 Å². The van der Waals surface area contributed by atoms with Crippen molar-refractivity contribution in [2.24, 2.45) is 5.41 Å². The molecule has 10 heavy (non-hydrogen) atoms. The van der Waals surface area contributed by atoms with E-state index < -0.39 is 0 Å². The van der Waals surface area contributed by atoms with Crippen molar-refractivity contribution in [1.82, 2.24) is 0 Å². The van der Waals surface area contributed by atoms with Gasteiger partial charge in [-0.1, -0.05) is 20.8 Å². The largest absolute Gasteiger partial charge is 0.379 e. The summed E-state index contributed by atoms with van der Waals surface area (Å²) in [4.78, 5) is 0. The molecule has 0 N–H and O–H groups in total. The van der Waals surface area contributed by atoms with Crippen LogP contribution in [-0.4, -0.2) is 18.6 Å². The Hall–Kier alpha value is 0.250. The zero-order valence-corrected chi connectivity index (χ0v) is 7.74. The fourth-order valence-corrected chi connectivity index (χ4v) is 0.582. The number of ether oxygens (including phenoxy) is 1. The van der Waals surface area contributed by atoms with Crippen LogP contribution in [-0.2, 0) is 4.74 Å². The topological polar surface area (TPSA) is 9.23 Å². The molecule has 0 bridgehead atoms. The quantitative estimate of drug-likeness (QED) is 0.581. The van der Waals surface area contributed by atoms with Gasteiger partial charge >= 0.3 is 0 Å². The fraction of sp³-hybridized carbons (Fsp3) is 0.875. The Morgan fingerprint density at radius 3 is 2.30 bits per heavy atom. The molecule has 0 aliphatic rings. The molecule has 61 valence electrons. The lowest BCUT2D eigenvalue weighted by Crippen LogP contribution is -2.17. The molecule has 0 saturated carbocycles. The molecule has 1 atom stereocenters. The number of alkyl halides is 1. The Bertz CT molecular complexity index is 83.7. The highest BCUT2D eigenvalue weighted by atomic mass is 35.5. The summed E-state index contributed by atoms with van der Waals surface area (Å²) in [6.07, 6.45) is 0. The Balaban J connectivity index is 3.21. The van der Waals surface area contributed by atoms with Crippen molar-refractivity contribution >= 4 is 11.6 Å². The average Bonchev–Trinajstić information content (AvgIpc) is 1.59. The van der Waals surface area contributed by atoms with E-state index in [9.17, 15) is 0 Å². The van der Waals surface area contributed by atoms with Crippen LogP contribution in [0, 0.1) is 12.3 Å². The normalized spacial score (nSPS) is 15.3. The van der Waals surface area contributed by atoms with Crippen LogP contribution >= 0.6 is 11.6 Å². The van der Waals surface area contributed by atoms with Crippen molar-refractivity contribution in [3.05, 3.63) is 6.92 Å². The second-order valence-electron chi connectivity index (χ2n) is 3.67. The van der Waals surface area contributed by atoms with Crippen molar-refractivity contribution < 1.29 is 4.74 Å². The molecule has 0 fully saturated rings. The predicted molar refractivity (Wildman–Crippen MR) is 45.3 cm³/mol. The van der Waals surface area contributed by atoms with E-state index in [4.69, 9.17) is 16.3 Å². The van der Waals surface area contributed by atoms with E-state index in [0.717, 1.165) is 6.61 Å². The second kappa shape index (κ2) is 4.20. The van der Waals surface area contributed by atoms with E-state index >= 15 is 0 Å². The molecular formula is C8H16ClO. The van der Waals surface area contributed by atoms with Crippen molar-refractivity contribution in [2.45, 2.75) is 26.1 Å². The lowest BCUT2D eigenvalue weighted by Gasteiger charge is -2.18. The molecule has 0 spiro atoms. The van der Waals surface area contributed by atoms with Gasteiger partial charge in [-0.05, 0) is 12.3 Å². The van der Waals surface area contributed by atoms with E-state index in [1.54, 1.807) is 0 Å². The summed E-state index contributed by atoms with van der Waals surface area (Å²) in [5.41, 5.74) is 0.228. The van der Waals surface area contributed by atoms with Gasteiger partial charge in [0.05, 0.1) is 18.6 Å². The summed E-state index contributed by atoms with van der Waals surface area (Å²) >= 11 is 5.57. The molecule has 0 aromatic carbocycles. The third kappa shape index (κ3) is 8.25. The minimum atomic E-state index is -0.123. The second-order valence-corrected chi connectivity index (χ2v) is 4.29. The van der Waals surface area contributed by atoms with Gasteiger partial charge in [-0.15, -0.1) is 11.6 Å². The maximum atomic E-state index is 5.57. The summed E-state index contributed by atoms with van der Waals surface area (Å²) in [6.45, 7) is 11.3. The minimum absolute atomic E-state index is 0.123. The molecule has 0 heterocycles. The van der Waals surface area contributed by atoms with E-state index in [0.29, 0.717) is 6.61 Å². The van der Waals surface area contributed by atoms with Crippen LogP contribution in [0.4, 0.5) is 0 Å². The third-order valence-electron chi connectivity index (χ3n) is 0.834. The van der Waals surface area contributed by atoms with Crippen LogP contribution in [0.3, 0.4) is 0 Å². The summed E-state index contributed by atoms with van der Waals surface area (Å²) < 4.78 is 5.27. The highest BCUT2D eigenvalue weighted by Crippen LogP contribution is 2.13. The van der Waals surface area contributed by atoms with Crippen LogP contribution in [0.1, 0.15) is 20.8 Å². The first kappa shape index (κ1) is 10.2. The zero-order chi connectivity index (χ0) is 8.20. The van der Waals surface area contributed by atoms with Gasteiger partial charge in [0.1, 0.15) is 0 Å². The molecule has 1 unspecified atom stereocenters. The first-order valence-corrected chi connectivity index (χ1v) is 3.90. The Kier molecular flexibility index (Phi) is 4.30.